The summed E-state index contributed by atoms with van der Waals surface area (Å²) in [5, 5.41) is 0. The average Bonchev–Trinajstić information content (AvgIpc) is 2.34. The van der Waals surface area contributed by atoms with Crippen molar-refractivity contribution < 1.29 is 9.53 Å². The number of amides is 1. The summed E-state index contributed by atoms with van der Waals surface area (Å²) >= 11 is 4.77. The Morgan fingerprint density at radius 2 is 1.94 bits per heavy atom. The number of hydrogen-bond acceptors (Lipinski definition) is 3. The highest BCUT2D eigenvalue weighted by atomic mass is 32.1. The first kappa shape index (κ1) is 17.3. The highest BCUT2D eigenvalue weighted by Gasteiger charge is 2.08. The Labute approximate surface area is 116 Å². The molecule has 0 rings (SSSR count). The molecule has 0 aromatic carbocycles. The van der Waals surface area contributed by atoms with Gasteiger partial charge in [-0.1, -0.05) is 44.8 Å². The Balaban J connectivity index is 3.43. The summed E-state index contributed by atoms with van der Waals surface area (Å²) in [5.74, 6) is -0.0141. The van der Waals surface area contributed by atoms with Crippen LogP contribution >= 0.6 is 12.2 Å². The second kappa shape index (κ2) is 11.4. The molecule has 5 heteroatoms. The van der Waals surface area contributed by atoms with Crippen LogP contribution in [0.25, 0.3) is 0 Å². The van der Waals surface area contributed by atoms with Crippen molar-refractivity contribution >= 4 is 23.1 Å². The van der Waals surface area contributed by atoms with Gasteiger partial charge in [0.25, 0.3) is 0 Å². The molecule has 0 aliphatic heterocycles. The summed E-state index contributed by atoms with van der Waals surface area (Å²) in [7, 11) is 1.74. The minimum atomic E-state index is -0.0141. The SMILES string of the molecule is CCCCCCCOCC(=O)N(C)CCC(N)=S. The normalized spacial score (nSPS) is 10.3. The number of likely N-dealkylation sites (N-methyl/N-ethyl adjacent to an activating group) is 1. The van der Waals surface area contributed by atoms with Crippen molar-refractivity contribution in [1.82, 2.24) is 4.90 Å². The molecule has 0 spiro atoms. The zero-order valence-electron chi connectivity index (χ0n) is 11.6. The smallest absolute Gasteiger partial charge is 0.248 e. The first-order valence-electron chi connectivity index (χ1n) is 6.68. The number of hydrogen-bond donors (Lipinski definition) is 1. The number of nitrogens with two attached hydrogens (primary N) is 1. The third-order valence-corrected chi connectivity index (χ3v) is 2.94. The molecule has 0 aromatic rings. The average molecular weight is 274 g/mol. The van der Waals surface area contributed by atoms with Crippen LogP contribution < -0.4 is 5.73 Å². The third kappa shape index (κ3) is 10.5. The van der Waals surface area contributed by atoms with Gasteiger partial charge in [0.1, 0.15) is 6.61 Å². The Kier molecular flexibility index (Phi) is 11.0. The predicted octanol–water partition coefficient (Wildman–Crippen LogP) is 2.11. The van der Waals surface area contributed by atoms with Crippen molar-refractivity contribution in [2.75, 3.05) is 26.8 Å². The largest absolute Gasteiger partial charge is 0.393 e. The van der Waals surface area contributed by atoms with Crippen molar-refractivity contribution in [2.24, 2.45) is 5.73 Å². The van der Waals surface area contributed by atoms with E-state index in [0.717, 1.165) is 6.42 Å². The van der Waals surface area contributed by atoms with Crippen molar-refractivity contribution in [3.63, 3.8) is 0 Å². The Hall–Kier alpha value is -0.680. The maximum absolute atomic E-state index is 11.6. The van der Waals surface area contributed by atoms with Gasteiger partial charge in [0, 0.05) is 26.6 Å². The molecular formula is C13H26N2O2S. The van der Waals surface area contributed by atoms with Crippen molar-refractivity contribution in [3.05, 3.63) is 0 Å². The van der Waals surface area contributed by atoms with Crippen LogP contribution in [-0.2, 0) is 9.53 Å². The molecule has 0 fully saturated rings. The fraction of sp³-hybridized carbons (Fsp3) is 0.846. The molecule has 0 aliphatic rings. The van der Waals surface area contributed by atoms with Crippen LogP contribution in [0, 0.1) is 0 Å². The van der Waals surface area contributed by atoms with Crippen LogP contribution in [0.15, 0.2) is 0 Å². The van der Waals surface area contributed by atoms with Gasteiger partial charge >= 0.3 is 0 Å². The van der Waals surface area contributed by atoms with E-state index in [1.54, 1.807) is 11.9 Å². The molecule has 2 N–H and O–H groups in total. The Morgan fingerprint density at radius 1 is 1.28 bits per heavy atom. The van der Waals surface area contributed by atoms with E-state index in [-0.39, 0.29) is 12.5 Å². The molecule has 0 aliphatic carbocycles. The van der Waals surface area contributed by atoms with Crippen LogP contribution in [-0.4, -0.2) is 42.6 Å². The maximum atomic E-state index is 11.6. The van der Waals surface area contributed by atoms with Crippen LogP contribution in [0.2, 0.25) is 0 Å². The lowest BCUT2D eigenvalue weighted by molar-refractivity contribution is -0.134. The lowest BCUT2D eigenvalue weighted by Gasteiger charge is -2.16. The molecule has 0 aromatic heterocycles. The van der Waals surface area contributed by atoms with Gasteiger partial charge in [-0.25, -0.2) is 0 Å². The lowest BCUT2D eigenvalue weighted by Crippen LogP contribution is -2.33. The second-order valence-electron chi connectivity index (χ2n) is 4.50. The van der Waals surface area contributed by atoms with Gasteiger partial charge in [0.15, 0.2) is 0 Å². The van der Waals surface area contributed by atoms with Gasteiger partial charge < -0.3 is 15.4 Å². The van der Waals surface area contributed by atoms with Gasteiger partial charge in [-0.05, 0) is 6.42 Å². The van der Waals surface area contributed by atoms with E-state index in [4.69, 9.17) is 22.7 Å². The van der Waals surface area contributed by atoms with Gasteiger partial charge in [-0.3, -0.25) is 4.79 Å². The zero-order valence-corrected chi connectivity index (χ0v) is 12.4. The standard InChI is InChI=1S/C13H26N2O2S/c1-3-4-5-6-7-10-17-11-13(16)15(2)9-8-12(14)18/h3-11H2,1-2H3,(H2,14,18). The molecule has 0 heterocycles. The molecular weight excluding hydrogens is 248 g/mol. The number of rotatable bonds is 11. The summed E-state index contributed by atoms with van der Waals surface area (Å²) < 4.78 is 5.35. The van der Waals surface area contributed by atoms with Crippen molar-refractivity contribution in [3.8, 4) is 0 Å². The highest BCUT2D eigenvalue weighted by Crippen LogP contribution is 2.02. The van der Waals surface area contributed by atoms with E-state index in [2.05, 4.69) is 6.92 Å². The fourth-order valence-corrected chi connectivity index (χ4v) is 1.57. The van der Waals surface area contributed by atoms with E-state index in [1.807, 2.05) is 0 Å². The topological polar surface area (TPSA) is 55.6 Å². The number of carbonyl (C=O) groups excluding carboxylic acids is 1. The van der Waals surface area contributed by atoms with Gasteiger partial charge in [-0.2, -0.15) is 0 Å². The summed E-state index contributed by atoms with van der Waals surface area (Å²) in [4.78, 5) is 13.7. The number of unbranched alkanes of at least 4 members (excludes halogenated alkanes) is 4. The van der Waals surface area contributed by atoms with Crippen LogP contribution in [0.3, 0.4) is 0 Å². The zero-order chi connectivity index (χ0) is 13.8. The summed E-state index contributed by atoms with van der Waals surface area (Å²) in [6, 6.07) is 0. The number of carbonyl (C=O) groups is 1. The van der Waals surface area contributed by atoms with Crippen LogP contribution in [0.4, 0.5) is 0 Å². The molecule has 0 unspecified atom stereocenters. The Morgan fingerprint density at radius 3 is 2.56 bits per heavy atom. The molecule has 0 saturated heterocycles. The number of thiocarbonyl (C=S) groups is 1. The van der Waals surface area contributed by atoms with E-state index in [1.165, 1.54) is 25.7 Å². The molecule has 4 nitrogen and oxygen atoms in total. The molecule has 0 bridgehead atoms. The molecule has 106 valence electrons. The maximum Gasteiger partial charge on any atom is 0.248 e. The molecule has 1 amide bonds. The first-order valence-corrected chi connectivity index (χ1v) is 7.08. The predicted molar refractivity (Wildman–Crippen MR) is 78.6 cm³/mol. The van der Waals surface area contributed by atoms with Crippen LogP contribution in [0.1, 0.15) is 45.4 Å². The van der Waals surface area contributed by atoms with E-state index in [9.17, 15) is 4.79 Å². The van der Waals surface area contributed by atoms with Gasteiger partial charge in [0.05, 0.1) is 4.99 Å². The minimum absolute atomic E-state index is 0.0141. The highest BCUT2D eigenvalue weighted by molar-refractivity contribution is 7.80. The Bertz CT molecular complexity index is 247. The molecule has 0 saturated carbocycles. The lowest BCUT2D eigenvalue weighted by atomic mass is 10.2. The van der Waals surface area contributed by atoms with Gasteiger partial charge in [0.2, 0.25) is 5.91 Å². The fourth-order valence-electron chi connectivity index (χ4n) is 1.48. The van der Waals surface area contributed by atoms with Crippen molar-refractivity contribution in [2.45, 2.75) is 45.4 Å². The van der Waals surface area contributed by atoms with Crippen molar-refractivity contribution in [1.29, 1.82) is 0 Å². The minimum Gasteiger partial charge on any atom is -0.393 e. The van der Waals surface area contributed by atoms with Crippen LogP contribution in [0.5, 0.6) is 0 Å². The summed E-state index contributed by atoms with van der Waals surface area (Å²) in [6.07, 6.45) is 6.55. The van der Waals surface area contributed by atoms with E-state index >= 15 is 0 Å². The quantitative estimate of drug-likeness (QED) is 0.463. The third-order valence-electron chi connectivity index (χ3n) is 2.74. The molecule has 0 radical (unpaired) electrons. The van der Waals surface area contributed by atoms with E-state index in [0.29, 0.717) is 24.6 Å². The second-order valence-corrected chi connectivity index (χ2v) is 5.02. The number of ether oxygens (including phenoxy) is 1. The van der Waals surface area contributed by atoms with E-state index < -0.39 is 0 Å². The molecule has 18 heavy (non-hydrogen) atoms. The summed E-state index contributed by atoms with van der Waals surface area (Å²) in [6.45, 7) is 3.58. The molecule has 0 atom stereocenters. The monoisotopic (exact) mass is 274 g/mol. The number of nitrogens with zero attached hydrogens (tertiary/aromatic N) is 1. The van der Waals surface area contributed by atoms with Gasteiger partial charge in [-0.15, -0.1) is 0 Å². The first-order chi connectivity index (χ1) is 8.57. The summed E-state index contributed by atoms with van der Waals surface area (Å²) in [5.41, 5.74) is 5.38.